The number of rotatable bonds is 80. The van der Waals surface area contributed by atoms with Crippen LogP contribution in [0.5, 0.6) is 0 Å². The zero-order valence-corrected chi connectivity index (χ0v) is 69.0. The Hall–Kier alpha value is -1.94. The van der Waals surface area contributed by atoms with E-state index >= 15 is 0 Å². The molecule has 0 aromatic rings. The smallest absolute Gasteiger partial charge is 0.462 e. The molecule has 0 aliphatic carbocycles. The van der Waals surface area contributed by atoms with Gasteiger partial charge in [0.05, 0.1) is 26.4 Å². The average molecular weight is 1490 g/mol. The van der Waals surface area contributed by atoms with Crippen LogP contribution in [0.25, 0.3) is 0 Å². The second kappa shape index (κ2) is 72.0. The zero-order chi connectivity index (χ0) is 75.3. The molecule has 0 amide bonds. The van der Waals surface area contributed by atoms with E-state index in [0.29, 0.717) is 37.5 Å². The molecule has 3 N–H and O–H groups in total. The molecule has 0 bridgehead atoms. The van der Waals surface area contributed by atoms with Crippen LogP contribution in [0.3, 0.4) is 0 Å². The first-order valence-electron chi connectivity index (χ1n) is 42.7. The van der Waals surface area contributed by atoms with Crippen molar-refractivity contribution in [2.45, 2.75) is 446 Å². The number of aliphatic hydroxyl groups excluding tert-OH is 1. The lowest BCUT2D eigenvalue weighted by molar-refractivity contribution is -0.161. The molecule has 4 unspecified atom stereocenters. The number of esters is 4. The Balaban J connectivity index is 5.08. The Morgan fingerprint density at radius 2 is 0.471 bits per heavy atom. The third-order valence-electron chi connectivity index (χ3n) is 19.7. The van der Waals surface area contributed by atoms with E-state index in [2.05, 4.69) is 55.4 Å². The van der Waals surface area contributed by atoms with Crippen molar-refractivity contribution in [3.63, 3.8) is 0 Å². The average Bonchev–Trinajstić information content (AvgIpc) is 0.914. The maximum Gasteiger partial charge on any atom is 0.472 e. The molecule has 0 aromatic heterocycles. The van der Waals surface area contributed by atoms with Crippen molar-refractivity contribution < 1.29 is 80.2 Å². The molecule has 19 heteroatoms. The van der Waals surface area contributed by atoms with Gasteiger partial charge in [-0.05, 0) is 49.4 Å². The first kappa shape index (κ1) is 100. The number of unbranched alkanes of at least 4 members (excludes halogenated alkanes) is 45. The van der Waals surface area contributed by atoms with Crippen molar-refractivity contribution in [1.82, 2.24) is 0 Å². The summed E-state index contributed by atoms with van der Waals surface area (Å²) < 4.78 is 68.6. The van der Waals surface area contributed by atoms with Gasteiger partial charge in [-0.25, -0.2) is 9.13 Å². The van der Waals surface area contributed by atoms with Crippen LogP contribution >= 0.6 is 15.6 Å². The fraction of sp³-hybridized carbons (Fsp3) is 0.952. The van der Waals surface area contributed by atoms with Gasteiger partial charge in [-0.1, -0.05) is 376 Å². The Labute approximate surface area is 626 Å². The van der Waals surface area contributed by atoms with Gasteiger partial charge in [0.25, 0.3) is 0 Å². The van der Waals surface area contributed by atoms with Gasteiger partial charge in [-0.2, -0.15) is 0 Å². The van der Waals surface area contributed by atoms with Crippen molar-refractivity contribution in [2.24, 2.45) is 23.7 Å². The van der Waals surface area contributed by atoms with Crippen molar-refractivity contribution in [3.8, 4) is 0 Å². The lowest BCUT2D eigenvalue weighted by atomic mass is 9.99. The van der Waals surface area contributed by atoms with Gasteiger partial charge >= 0.3 is 39.5 Å². The lowest BCUT2D eigenvalue weighted by Crippen LogP contribution is -2.30. The molecule has 0 saturated heterocycles. The molecule has 0 aromatic carbocycles. The highest BCUT2D eigenvalue weighted by atomic mass is 31.2. The number of carbonyl (C=O) groups excluding carboxylic acids is 4. The molecular formula is C83H162O17P2. The SMILES string of the molecule is CCC(C)CCCCCCCCCCCCCCCCCCCCC(=O)O[C@H](COC(=O)CCCCCCCCCC(C)C)COP(=O)(O)OCC(O)COP(=O)(O)OC[C@@H](COC(=O)CCCCCCCCCCCCCCCCCCCCC(C)C)OC(=O)CCCCCCCCC(C)C. The Kier molecular flexibility index (Phi) is 70.6. The van der Waals surface area contributed by atoms with Gasteiger partial charge in [0, 0.05) is 25.7 Å². The topological polar surface area (TPSA) is 237 Å². The van der Waals surface area contributed by atoms with Crippen LogP contribution in [0.15, 0.2) is 0 Å². The molecule has 0 rings (SSSR count). The summed E-state index contributed by atoms with van der Waals surface area (Å²) in [6.45, 7) is 14.2. The molecule has 6 atom stereocenters. The molecule has 0 aliphatic heterocycles. The first-order chi connectivity index (χ1) is 49.1. The van der Waals surface area contributed by atoms with E-state index in [0.717, 1.165) is 108 Å². The summed E-state index contributed by atoms with van der Waals surface area (Å²) in [4.78, 5) is 72.9. The van der Waals surface area contributed by atoms with Crippen LogP contribution in [0.2, 0.25) is 0 Å². The van der Waals surface area contributed by atoms with Crippen LogP contribution < -0.4 is 0 Å². The van der Waals surface area contributed by atoms with E-state index < -0.39 is 97.5 Å². The molecule has 0 fully saturated rings. The summed E-state index contributed by atoms with van der Waals surface area (Å²) in [7, 11) is -9.92. The zero-order valence-electron chi connectivity index (χ0n) is 67.2. The predicted octanol–water partition coefficient (Wildman–Crippen LogP) is 24.8. The van der Waals surface area contributed by atoms with E-state index in [1.807, 2.05) is 0 Å². The number of hydrogen-bond acceptors (Lipinski definition) is 15. The van der Waals surface area contributed by atoms with E-state index in [-0.39, 0.29) is 25.7 Å². The molecule has 0 aliphatic rings. The summed E-state index contributed by atoms with van der Waals surface area (Å²) in [6.07, 6.45) is 60.2. The van der Waals surface area contributed by atoms with E-state index in [4.69, 9.17) is 37.0 Å². The van der Waals surface area contributed by atoms with Gasteiger partial charge < -0.3 is 33.8 Å². The van der Waals surface area contributed by atoms with Crippen LogP contribution in [-0.2, 0) is 65.4 Å². The van der Waals surface area contributed by atoms with Crippen LogP contribution in [0.1, 0.15) is 428 Å². The number of ether oxygens (including phenoxy) is 4. The number of aliphatic hydroxyl groups is 1. The highest BCUT2D eigenvalue weighted by Gasteiger charge is 2.30. The fourth-order valence-corrected chi connectivity index (χ4v) is 14.3. The molecule has 0 radical (unpaired) electrons. The van der Waals surface area contributed by atoms with Gasteiger partial charge in [-0.3, -0.25) is 37.3 Å². The summed E-state index contributed by atoms with van der Waals surface area (Å²) >= 11 is 0. The quantitative estimate of drug-likeness (QED) is 0.0222. The summed E-state index contributed by atoms with van der Waals surface area (Å²) in [5.41, 5.74) is 0. The predicted molar refractivity (Wildman–Crippen MR) is 418 cm³/mol. The van der Waals surface area contributed by atoms with Crippen molar-refractivity contribution in [3.05, 3.63) is 0 Å². The molecule has 0 heterocycles. The third-order valence-corrected chi connectivity index (χ3v) is 21.6. The highest BCUT2D eigenvalue weighted by molar-refractivity contribution is 7.47. The molecule has 17 nitrogen and oxygen atoms in total. The fourth-order valence-electron chi connectivity index (χ4n) is 12.8. The monoisotopic (exact) mass is 1490 g/mol. The van der Waals surface area contributed by atoms with Crippen molar-refractivity contribution in [1.29, 1.82) is 0 Å². The van der Waals surface area contributed by atoms with Gasteiger partial charge in [0.2, 0.25) is 0 Å². The van der Waals surface area contributed by atoms with Crippen molar-refractivity contribution >= 4 is 39.5 Å². The summed E-state index contributed by atoms with van der Waals surface area (Å²) in [5.74, 6) is 0.949. The number of hydrogen-bond donors (Lipinski definition) is 3. The van der Waals surface area contributed by atoms with Crippen LogP contribution in [0, 0.1) is 23.7 Å². The first-order valence-corrected chi connectivity index (χ1v) is 45.7. The largest absolute Gasteiger partial charge is 0.472 e. The third kappa shape index (κ3) is 74.9. The second-order valence-electron chi connectivity index (χ2n) is 31.5. The minimum Gasteiger partial charge on any atom is -0.462 e. The molecule has 0 spiro atoms. The maximum atomic E-state index is 13.1. The Morgan fingerprint density at radius 1 is 0.275 bits per heavy atom. The molecule has 102 heavy (non-hydrogen) atoms. The lowest BCUT2D eigenvalue weighted by Gasteiger charge is -2.21. The standard InChI is InChI=1S/C83H162O17P2/c1-9-76(8)62-54-46-37-31-27-23-19-15-11-13-17-21-25-29-33-39-49-57-65-82(87)99-78(69-94-81(86)64-56-48-40-34-36-44-52-60-74(4)5)71-97-101(89,90)95-67-77(84)68-96-102(91,92)98-72-79(100-83(88)66-58-50-42-41-45-53-61-75(6)7)70-93-80(85)63-55-47-38-32-28-24-20-16-12-10-14-18-22-26-30-35-43-51-59-73(2)3/h73-79,84H,9-72H2,1-8H3,(H,89,90)(H,91,92)/t76?,77?,78-,79-/m1/s1. The number of phosphoric acid groups is 2. The number of carbonyl (C=O) groups is 4. The molecule has 606 valence electrons. The van der Waals surface area contributed by atoms with Gasteiger partial charge in [-0.15, -0.1) is 0 Å². The molecule has 0 saturated carbocycles. The molecular weight excluding hydrogens is 1330 g/mol. The van der Waals surface area contributed by atoms with Crippen LogP contribution in [-0.4, -0.2) is 96.7 Å². The minimum atomic E-state index is -4.96. The minimum absolute atomic E-state index is 0.102. The Bertz CT molecular complexity index is 1990. The Morgan fingerprint density at radius 3 is 0.696 bits per heavy atom. The van der Waals surface area contributed by atoms with E-state index in [1.165, 1.54) is 225 Å². The highest BCUT2D eigenvalue weighted by Crippen LogP contribution is 2.45. The van der Waals surface area contributed by atoms with E-state index in [9.17, 15) is 43.2 Å². The van der Waals surface area contributed by atoms with Crippen molar-refractivity contribution in [2.75, 3.05) is 39.6 Å². The normalized spacial score (nSPS) is 14.3. The van der Waals surface area contributed by atoms with Gasteiger partial charge in [0.1, 0.15) is 19.3 Å². The summed E-state index contributed by atoms with van der Waals surface area (Å²) in [6, 6.07) is 0. The summed E-state index contributed by atoms with van der Waals surface area (Å²) in [5, 5.41) is 10.6. The number of phosphoric ester groups is 2. The second-order valence-corrected chi connectivity index (χ2v) is 34.4. The van der Waals surface area contributed by atoms with Crippen LogP contribution in [0.4, 0.5) is 0 Å². The van der Waals surface area contributed by atoms with E-state index in [1.54, 1.807) is 0 Å². The van der Waals surface area contributed by atoms with Gasteiger partial charge in [0.15, 0.2) is 12.2 Å². The maximum absolute atomic E-state index is 13.1.